The molecule has 0 aliphatic rings. The molecule has 0 fully saturated rings. The molecule has 0 saturated heterocycles. The first-order valence-electron chi connectivity index (χ1n) is 3.92. The number of hydrogen-bond donors (Lipinski definition) is 0. The lowest BCUT2D eigenvalue weighted by atomic mass is 10.2. The van der Waals surface area contributed by atoms with E-state index in [0.29, 0.717) is 10.6 Å². The number of ether oxygens (including phenoxy) is 1. The van der Waals surface area contributed by atoms with Crippen LogP contribution >= 0.6 is 23.2 Å². The minimum absolute atomic E-state index is 0.146. The van der Waals surface area contributed by atoms with E-state index >= 15 is 0 Å². The molecule has 0 amide bonds. The van der Waals surface area contributed by atoms with Crippen LogP contribution < -0.4 is 0 Å². The summed E-state index contributed by atoms with van der Waals surface area (Å²) in [6, 6.07) is 6.71. The largest absolute Gasteiger partial charge is 0.458 e. The highest BCUT2D eigenvalue weighted by Crippen LogP contribution is 2.15. The number of halogens is 2. The summed E-state index contributed by atoms with van der Waals surface area (Å²) in [5.41, 5.74) is 1.65. The van der Waals surface area contributed by atoms with E-state index in [-0.39, 0.29) is 6.61 Å². The van der Waals surface area contributed by atoms with E-state index in [1.54, 1.807) is 24.3 Å². The van der Waals surface area contributed by atoms with E-state index in [1.807, 2.05) is 0 Å². The molecule has 0 aliphatic carbocycles. The predicted molar refractivity (Wildman–Crippen MR) is 56.7 cm³/mol. The Balaban J connectivity index is 2.65. The number of esters is 1. The fourth-order valence-electron chi connectivity index (χ4n) is 0.865. The normalized spacial score (nSPS) is 10.4. The molecule has 0 heterocycles. The maximum atomic E-state index is 11.4. The summed E-state index contributed by atoms with van der Waals surface area (Å²) in [6.07, 6.45) is 1.52. The molecule has 1 aromatic carbocycles. The Labute approximate surface area is 92.1 Å². The average Bonchev–Trinajstić information content (AvgIpc) is 2.18. The highest BCUT2D eigenvalue weighted by atomic mass is 35.5. The zero-order valence-electron chi connectivity index (χ0n) is 7.24. The van der Waals surface area contributed by atoms with Crippen molar-refractivity contribution in [2.45, 2.75) is 0 Å². The fourth-order valence-corrected chi connectivity index (χ4v) is 1.15. The van der Waals surface area contributed by atoms with Gasteiger partial charge in [-0.2, -0.15) is 0 Å². The molecule has 0 spiro atoms. The average molecular weight is 231 g/mol. The maximum Gasteiger partial charge on any atom is 0.339 e. The summed E-state index contributed by atoms with van der Waals surface area (Å²) < 4.78 is 4.85. The number of hydrogen-bond acceptors (Lipinski definition) is 2. The molecule has 1 rings (SSSR count). The molecule has 14 heavy (non-hydrogen) atoms. The second-order valence-corrected chi connectivity index (χ2v) is 3.10. The lowest BCUT2D eigenvalue weighted by Crippen LogP contribution is -2.05. The van der Waals surface area contributed by atoms with Crippen molar-refractivity contribution in [2.75, 3.05) is 6.61 Å². The van der Waals surface area contributed by atoms with Gasteiger partial charge in [-0.05, 0) is 18.2 Å². The predicted octanol–water partition coefficient (Wildman–Crippen LogP) is 3.25. The first kappa shape index (κ1) is 11.1. The maximum absolute atomic E-state index is 11.4. The van der Waals surface area contributed by atoms with Crippen molar-refractivity contribution in [2.24, 2.45) is 0 Å². The Morgan fingerprint density at radius 3 is 2.79 bits per heavy atom. The molecule has 4 heteroatoms. The third kappa shape index (κ3) is 3.05. The molecule has 0 unspecified atom stereocenters. The van der Waals surface area contributed by atoms with Gasteiger partial charge in [0.05, 0.1) is 10.6 Å². The molecule has 0 saturated carbocycles. The SMILES string of the molecule is O=C(OC/C=C/Cl)c1ccccc1Cl. The van der Waals surface area contributed by atoms with Crippen molar-refractivity contribution in [1.82, 2.24) is 0 Å². The number of carbonyl (C=O) groups excluding carboxylic acids is 1. The van der Waals surface area contributed by atoms with Crippen LogP contribution in [0, 0.1) is 0 Å². The van der Waals surface area contributed by atoms with Gasteiger partial charge in [0, 0.05) is 5.54 Å². The third-order valence-corrected chi connectivity index (χ3v) is 2.00. The Kier molecular flexibility index (Phi) is 4.50. The lowest BCUT2D eigenvalue weighted by molar-refractivity contribution is 0.0550. The van der Waals surface area contributed by atoms with Crippen LogP contribution in [-0.4, -0.2) is 12.6 Å². The van der Waals surface area contributed by atoms with Crippen molar-refractivity contribution in [1.29, 1.82) is 0 Å². The minimum atomic E-state index is -0.453. The van der Waals surface area contributed by atoms with Crippen LogP contribution in [0.15, 0.2) is 35.9 Å². The topological polar surface area (TPSA) is 26.3 Å². The van der Waals surface area contributed by atoms with Gasteiger partial charge < -0.3 is 4.74 Å². The van der Waals surface area contributed by atoms with Crippen molar-refractivity contribution < 1.29 is 9.53 Å². The smallest absolute Gasteiger partial charge is 0.339 e. The Hall–Kier alpha value is -0.990. The molecule has 0 radical (unpaired) electrons. The van der Waals surface area contributed by atoms with Crippen molar-refractivity contribution in [3.8, 4) is 0 Å². The quantitative estimate of drug-likeness (QED) is 0.746. The van der Waals surface area contributed by atoms with Gasteiger partial charge in [-0.1, -0.05) is 35.3 Å². The van der Waals surface area contributed by atoms with E-state index in [1.165, 1.54) is 11.6 Å². The van der Waals surface area contributed by atoms with Gasteiger partial charge in [-0.25, -0.2) is 4.79 Å². The van der Waals surface area contributed by atoms with Crippen LogP contribution in [0.25, 0.3) is 0 Å². The summed E-state index contributed by atoms with van der Waals surface area (Å²) in [5.74, 6) is -0.453. The Morgan fingerprint density at radius 1 is 1.43 bits per heavy atom. The van der Waals surface area contributed by atoms with Crippen LogP contribution in [0.3, 0.4) is 0 Å². The molecule has 0 bridgehead atoms. The molecule has 0 N–H and O–H groups in total. The molecule has 1 aromatic rings. The van der Waals surface area contributed by atoms with Gasteiger partial charge in [-0.15, -0.1) is 0 Å². The monoisotopic (exact) mass is 230 g/mol. The molecule has 0 aromatic heterocycles. The molecular formula is C10H8Cl2O2. The zero-order valence-corrected chi connectivity index (χ0v) is 8.76. The summed E-state index contributed by atoms with van der Waals surface area (Å²) in [5, 5.41) is 0.382. The van der Waals surface area contributed by atoms with Crippen LogP contribution in [0.1, 0.15) is 10.4 Å². The molecule has 0 atom stereocenters. The second-order valence-electron chi connectivity index (χ2n) is 2.44. The van der Waals surface area contributed by atoms with Gasteiger partial charge >= 0.3 is 5.97 Å². The highest BCUT2D eigenvalue weighted by molar-refractivity contribution is 6.33. The van der Waals surface area contributed by atoms with Gasteiger partial charge in [-0.3, -0.25) is 0 Å². The number of carbonyl (C=O) groups is 1. The minimum Gasteiger partial charge on any atom is -0.458 e. The molecule has 0 aliphatic heterocycles. The second kappa shape index (κ2) is 5.68. The van der Waals surface area contributed by atoms with E-state index in [0.717, 1.165) is 0 Å². The van der Waals surface area contributed by atoms with Gasteiger partial charge in [0.2, 0.25) is 0 Å². The zero-order chi connectivity index (χ0) is 10.4. The van der Waals surface area contributed by atoms with E-state index in [9.17, 15) is 4.79 Å². The van der Waals surface area contributed by atoms with Crippen LogP contribution in [0.2, 0.25) is 5.02 Å². The highest BCUT2D eigenvalue weighted by Gasteiger charge is 2.09. The molecule has 74 valence electrons. The van der Waals surface area contributed by atoms with Crippen LogP contribution in [-0.2, 0) is 4.74 Å². The summed E-state index contributed by atoms with van der Waals surface area (Å²) in [6.45, 7) is 0.146. The lowest BCUT2D eigenvalue weighted by Gasteiger charge is -2.02. The number of benzene rings is 1. The summed E-state index contributed by atoms with van der Waals surface area (Å²) in [4.78, 5) is 11.4. The van der Waals surface area contributed by atoms with Gasteiger partial charge in [0.25, 0.3) is 0 Å². The number of rotatable bonds is 3. The summed E-state index contributed by atoms with van der Waals surface area (Å²) in [7, 11) is 0. The van der Waals surface area contributed by atoms with Crippen molar-refractivity contribution in [3.05, 3.63) is 46.5 Å². The Morgan fingerprint density at radius 2 is 2.14 bits per heavy atom. The third-order valence-electron chi connectivity index (χ3n) is 1.49. The van der Waals surface area contributed by atoms with Crippen molar-refractivity contribution >= 4 is 29.2 Å². The van der Waals surface area contributed by atoms with Gasteiger partial charge in [0.1, 0.15) is 6.61 Å². The van der Waals surface area contributed by atoms with Gasteiger partial charge in [0.15, 0.2) is 0 Å². The molecular weight excluding hydrogens is 223 g/mol. The Bertz CT molecular complexity index is 348. The van der Waals surface area contributed by atoms with Crippen molar-refractivity contribution in [3.63, 3.8) is 0 Å². The van der Waals surface area contributed by atoms with E-state index in [2.05, 4.69) is 0 Å². The summed E-state index contributed by atoms with van der Waals surface area (Å²) >= 11 is 11.1. The van der Waals surface area contributed by atoms with E-state index < -0.39 is 5.97 Å². The van der Waals surface area contributed by atoms with Crippen LogP contribution in [0.5, 0.6) is 0 Å². The molecule has 2 nitrogen and oxygen atoms in total. The van der Waals surface area contributed by atoms with E-state index in [4.69, 9.17) is 27.9 Å². The fraction of sp³-hybridized carbons (Fsp3) is 0.100. The standard InChI is InChI=1S/C10H8Cl2O2/c11-6-3-7-14-10(13)8-4-1-2-5-9(8)12/h1-6H,7H2/b6-3+. The van der Waals surface area contributed by atoms with Crippen LogP contribution in [0.4, 0.5) is 0 Å². The first-order valence-corrected chi connectivity index (χ1v) is 4.74. The first-order chi connectivity index (χ1) is 6.75.